The lowest BCUT2D eigenvalue weighted by molar-refractivity contribution is 0.0693. The van der Waals surface area contributed by atoms with Crippen molar-refractivity contribution in [2.45, 2.75) is 19.5 Å². The number of ether oxygens (including phenoxy) is 1. The largest absolute Gasteiger partial charge is 0.496 e. The molecule has 0 fully saturated rings. The standard InChI is InChI=1S/C19H22N4O3/c1-22(2)12-17-20-15-5-4-9-23(18(15)21-17)10-8-13-6-7-14(19(24)25)16(11-13)26-3/h4-7,9,11H,8,10,12H2,1-3H3,(H,24,25). The Morgan fingerprint density at radius 2 is 2.08 bits per heavy atom. The number of rotatable bonds is 7. The third-order valence-corrected chi connectivity index (χ3v) is 4.10. The van der Waals surface area contributed by atoms with Crippen LogP contribution in [0.3, 0.4) is 0 Å². The van der Waals surface area contributed by atoms with Crippen molar-refractivity contribution in [2.75, 3.05) is 21.2 Å². The maximum atomic E-state index is 11.2. The summed E-state index contributed by atoms with van der Waals surface area (Å²) in [4.78, 5) is 22.4. The molecule has 0 bridgehead atoms. The second-order valence-corrected chi connectivity index (χ2v) is 6.38. The van der Waals surface area contributed by atoms with E-state index in [1.54, 1.807) is 12.1 Å². The molecule has 7 nitrogen and oxygen atoms in total. The number of nitrogens with zero attached hydrogens (tertiary/aromatic N) is 4. The van der Waals surface area contributed by atoms with Crippen molar-refractivity contribution >= 4 is 5.97 Å². The molecule has 0 unspecified atom stereocenters. The van der Waals surface area contributed by atoms with Crippen LogP contribution in [0.5, 0.6) is 5.75 Å². The van der Waals surface area contributed by atoms with Gasteiger partial charge in [-0.05, 0) is 50.3 Å². The zero-order valence-electron chi connectivity index (χ0n) is 15.1. The van der Waals surface area contributed by atoms with Gasteiger partial charge >= 0.3 is 5.97 Å². The average Bonchev–Trinajstić information content (AvgIpc) is 3.01. The topological polar surface area (TPSA) is 80.5 Å². The number of aryl methyl sites for hydroxylation is 2. The van der Waals surface area contributed by atoms with Gasteiger partial charge in [-0.3, -0.25) is 0 Å². The molecule has 7 heteroatoms. The van der Waals surface area contributed by atoms with E-state index >= 15 is 0 Å². The molecule has 1 N–H and O–H groups in total. The number of aromatic nitrogens is 3. The van der Waals surface area contributed by atoms with Gasteiger partial charge in [0, 0.05) is 12.7 Å². The molecule has 1 aromatic carbocycles. The summed E-state index contributed by atoms with van der Waals surface area (Å²) in [5.41, 5.74) is 2.05. The van der Waals surface area contributed by atoms with Gasteiger partial charge in [0.15, 0.2) is 5.82 Å². The highest BCUT2D eigenvalue weighted by atomic mass is 16.5. The van der Waals surface area contributed by atoms with E-state index in [2.05, 4.69) is 14.5 Å². The molecule has 0 saturated carbocycles. The second kappa shape index (κ2) is 7.53. The molecule has 0 saturated heterocycles. The minimum Gasteiger partial charge on any atom is -0.496 e. The fourth-order valence-electron chi connectivity index (χ4n) is 2.88. The van der Waals surface area contributed by atoms with Gasteiger partial charge in [-0.25, -0.2) is 14.8 Å². The monoisotopic (exact) mass is 354 g/mol. The molecule has 2 aliphatic heterocycles. The number of hydrogen-bond donors (Lipinski definition) is 1. The van der Waals surface area contributed by atoms with Gasteiger partial charge in [-0.2, -0.15) is 0 Å². The van der Waals surface area contributed by atoms with E-state index in [-0.39, 0.29) is 5.56 Å². The van der Waals surface area contributed by atoms with Crippen LogP contribution in [0, 0.1) is 0 Å². The van der Waals surface area contributed by atoms with Gasteiger partial charge in [0.1, 0.15) is 22.8 Å². The normalized spacial score (nSPS) is 11.2. The van der Waals surface area contributed by atoms with Gasteiger partial charge in [0.2, 0.25) is 0 Å². The van der Waals surface area contributed by atoms with E-state index in [1.807, 2.05) is 43.4 Å². The highest BCUT2D eigenvalue weighted by Gasteiger charge is 2.15. The fraction of sp³-hybridized carbons (Fsp3) is 0.316. The molecular weight excluding hydrogens is 332 g/mol. The first-order valence-electron chi connectivity index (χ1n) is 8.34. The lowest BCUT2D eigenvalue weighted by Crippen LogP contribution is -2.11. The Hall–Kier alpha value is -2.93. The number of hydrogen-bond acceptors (Lipinski definition) is 5. The third kappa shape index (κ3) is 3.83. The van der Waals surface area contributed by atoms with Crippen molar-refractivity contribution in [1.29, 1.82) is 0 Å². The molecule has 0 amide bonds. The van der Waals surface area contributed by atoms with Crippen LogP contribution in [-0.2, 0) is 19.5 Å². The summed E-state index contributed by atoms with van der Waals surface area (Å²) in [6.45, 7) is 1.41. The molecule has 0 atom stereocenters. The molecule has 2 heterocycles. The van der Waals surface area contributed by atoms with Crippen LogP contribution in [0.25, 0.3) is 11.5 Å². The van der Waals surface area contributed by atoms with E-state index in [0.29, 0.717) is 18.8 Å². The molecule has 3 rings (SSSR count). The zero-order chi connectivity index (χ0) is 18.7. The smallest absolute Gasteiger partial charge is 0.339 e. The number of fused-ring (bicyclic) bond motifs is 1. The summed E-state index contributed by atoms with van der Waals surface area (Å²) in [5.74, 6) is 1.04. The van der Waals surface area contributed by atoms with Crippen LogP contribution < -0.4 is 4.74 Å². The molecule has 0 radical (unpaired) electrons. The SMILES string of the molecule is COc1cc(CCn2cccc3nc(CN(C)C)nc2-3)ccc1C(=O)O. The molecular formula is C19H22N4O3. The maximum absolute atomic E-state index is 11.2. The lowest BCUT2D eigenvalue weighted by atomic mass is 10.1. The second-order valence-electron chi connectivity index (χ2n) is 6.38. The number of pyridine rings is 1. The number of carboxylic acid groups (broad SMARTS) is 1. The third-order valence-electron chi connectivity index (χ3n) is 4.10. The van der Waals surface area contributed by atoms with E-state index in [4.69, 9.17) is 4.74 Å². The average molecular weight is 354 g/mol. The van der Waals surface area contributed by atoms with E-state index in [1.165, 1.54) is 7.11 Å². The van der Waals surface area contributed by atoms with Crippen molar-refractivity contribution in [3.63, 3.8) is 0 Å². The van der Waals surface area contributed by atoms with Crippen molar-refractivity contribution in [1.82, 2.24) is 19.4 Å². The summed E-state index contributed by atoms with van der Waals surface area (Å²) in [6.07, 6.45) is 2.72. The first-order chi connectivity index (χ1) is 12.5. The molecule has 1 aromatic rings. The number of aromatic carboxylic acids is 1. The molecule has 2 aliphatic rings. The maximum Gasteiger partial charge on any atom is 0.339 e. The van der Waals surface area contributed by atoms with Gasteiger partial charge in [0.25, 0.3) is 0 Å². The minimum atomic E-state index is -0.993. The van der Waals surface area contributed by atoms with Gasteiger partial charge in [-0.15, -0.1) is 0 Å². The van der Waals surface area contributed by atoms with Crippen LogP contribution >= 0.6 is 0 Å². The molecule has 136 valence electrons. The predicted octanol–water partition coefficient (Wildman–Crippen LogP) is 2.39. The first kappa shape index (κ1) is 17.9. The zero-order valence-corrected chi connectivity index (χ0v) is 15.1. The molecule has 26 heavy (non-hydrogen) atoms. The van der Waals surface area contributed by atoms with Gasteiger partial charge in [0.05, 0.1) is 13.7 Å². The summed E-state index contributed by atoms with van der Waals surface area (Å²) in [7, 11) is 5.46. The van der Waals surface area contributed by atoms with Crippen LogP contribution in [0.1, 0.15) is 21.7 Å². The quantitative estimate of drug-likeness (QED) is 0.702. The van der Waals surface area contributed by atoms with Crippen molar-refractivity contribution in [2.24, 2.45) is 0 Å². The van der Waals surface area contributed by atoms with Gasteiger partial charge < -0.3 is 19.3 Å². The Labute approximate surface area is 152 Å². The van der Waals surface area contributed by atoms with Crippen molar-refractivity contribution < 1.29 is 14.6 Å². The number of benzene rings is 1. The van der Waals surface area contributed by atoms with Crippen LogP contribution in [0.15, 0.2) is 36.5 Å². The Morgan fingerprint density at radius 3 is 2.77 bits per heavy atom. The number of methoxy groups -OCH3 is 1. The fourth-order valence-corrected chi connectivity index (χ4v) is 2.88. The lowest BCUT2D eigenvalue weighted by Gasteiger charge is -2.12. The Balaban J connectivity index is 1.79. The van der Waals surface area contributed by atoms with Crippen LogP contribution in [0.4, 0.5) is 0 Å². The minimum absolute atomic E-state index is 0.168. The molecule has 0 spiro atoms. The number of imidazole rings is 1. The summed E-state index contributed by atoms with van der Waals surface area (Å²) < 4.78 is 7.26. The number of carbonyl (C=O) groups is 1. The summed E-state index contributed by atoms with van der Waals surface area (Å²) in [5, 5.41) is 9.18. The van der Waals surface area contributed by atoms with Crippen LogP contribution in [0.2, 0.25) is 0 Å². The van der Waals surface area contributed by atoms with Gasteiger partial charge in [-0.1, -0.05) is 6.07 Å². The molecule has 0 aromatic heterocycles. The highest BCUT2D eigenvalue weighted by Crippen LogP contribution is 2.22. The Bertz CT molecular complexity index is 888. The van der Waals surface area contributed by atoms with Crippen LogP contribution in [-0.4, -0.2) is 51.7 Å². The predicted molar refractivity (Wildman–Crippen MR) is 97.7 cm³/mol. The first-order valence-corrected chi connectivity index (χ1v) is 8.34. The molecule has 0 aliphatic carbocycles. The Morgan fingerprint density at radius 1 is 1.27 bits per heavy atom. The van der Waals surface area contributed by atoms with Crippen molar-refractivity contribution in [3.8, 4) is 17.3 Å². The summed E-state index contributed by atoms with van der Waals surface area (Å²) in [6, 6.07) is 9.10. The van der Waals surface area contributed by atoms with Crippen molar-refractivity contribution in [3.05, 3.63) is 53.5 Å². The number of carboxylic acids is 1. The summed E-state index contributed by atoms with van der Waals surface area (Å²) >= 11 is 0. The Kier molecular flexibility index (Phi) is 5.18. The van der Waals surface area contributed by atoms with E-state index in [9.17, 15) is 9.90 Å². The highest BCUT2D eigenvalue weighted by molar-refractivity contribution is 5.90. The van der Waals surface area contributed by atoms with E-state index < -0.39 is 5.97 Å². The van der Waals surface area contributed by atoms with E-state index in [0.717, 1.165) is 29.3 Å².